The predicted octanol–water partition coefficient (Wildman–Crippen LogP) is 8.82. The molecule has 6 rings (SSSR count). The Hall–Kier alpha value is -4.84. The topological polar surface area (TPSA) is 237 Å². The maximum atomic E-state index is 14.6. The monoisotopic (exact) mass is 892 g/mol. The molecule has 7 N–H and O–H groups in total. The molecule has 0 saturated heterocycles. The molecule has 16 nitrogen and oxygen atoms in total. The van der Waals surface area contributed by atoms with Crippen molar-refractivity contribution in [2.24, 2.45) is 10.8 Å². The van der Waals surface area contributed by atoms with Crippen LogP contribution in [0.25, 0.3) is 44.8 Å². The van der Waals surface area contributed by atoms with Gasteiger partial charge in [-0.1, -0.05) is 41.5 Å². The minimum Gasteiger partial charge on any atom is -0.364 e. The summed E-state index contributed by atoms with van der Waals surface area (Å²) in [5.74, 6) is -2.20. The average Bonchev–Trinajstić information content (AvgIpc) is 3.75. The van der Waals surface area contributed by atoms with Crippen LogP contribution in [0.5, 0.6) is 0 Å². The van der Waals surface area contributed by atoms with E-state index in [-0.39, 0.29) is 60.0 Å². The smallest absolute Gasteiger partial charge is 0.328 e. The fourth-order valence-electron chi connectivity index (χ4n) is 6.27. The summed E-state index contributed by atoms with van der Waals surface area (Å²) in [4.78, 5) is 58.8. The van der Waals surface area contributed by atoms with Crippen LogP contribution in [0.3, 0.4) is 0 Å². The lowest BCUT2D eigenvalue weighted by Gasteiger charge is -2.32. The van der Waals surface area contributed by atoms with Crippen LogP contribution < -0.4 is 10.6 Å². The SMILES string of the molecule is CC(C)(C)[C@@H](CCP(=O)(O)O)Nc1nc(-c2c[nH]c3ncc(F)cc23)ncc1F.CC(C)OP(=O)(O)CC[C@@H](Nc1nc(-c2c[nH]c3ncc(F)cc23)ncc1F)C(C)(C)C. The Balaban J connectivity index is 0.000000232. The summed E-state index contributed by atoms with van der Waals surface area (Å²) in [6.45, 7) is 14.8. The highest BCUT2D eigenvalue weighted by Gasteiger charge is 2.31. The number of aromatic amines is 2. The second-order valence-corrected chi connectivity index (χ2v) is 20.6. The van der Waals surface area contributed by atoms with Crippen LogP contribution in [-0.4, -0.2) is 85.1 Å². The lowest BCUT2D eigenvalue weighted by Crippen LogP contribution is -2.35. The number of nitrogens with one attached hydrogen (secondary N) is 4. The lowest BCUT2D eigenvalue weighted by atomic mass is 9.85. The lowest BCUT2D eigenvalue weighted by molar-refractivity contribution is 0.202. The Morgan fingerprint density at radius 3 is 1.46 bits per heavy atom. The van der Waals surface area contributed by atoms with Crippen LogP contribution in [0.15, 0.2) is 49.3 Å². The summed E-state index contributed by atoms with van der Waals surface area (Å²) in [6, 6.07) is 1.73. The molecular formula is C39H50F4N10O6P2. The van der Waals surface area contributed by atoms with Crippen LogP contribution in [0.1, 0.15) is 68.2 Å². The van der Waals surface area contributed by atoms with E-state index < -0.39 is 56.0 Å². The number of nitrogens with zero attached hydrogens (tertiary/aromatic N) is 6. The van der Waals surface area contributed by atoms with E-state index in [1.54, 1.807) is 26.2 Å². The van der Waals surface area contributed by atoms with Gasteiger partial charge in [-0.05, 0) is 49.7 Å². The normalized spacial score (nSPS) is 14.4. The summed E-state index contributed by atoms with van der Waals surface area (Å²) in [5, 5.41) is 6.94. The van der Waals surface area contributed by atoms with Gasteiger partial charge in [-0.3, -0.25) is 9.13 Å². The first-order valence-corrected chi connectivity index (χ1v) is 22.7. The Morgan fingerprint density at radius 2 is 1.08 bits per heavy atom. The second kappa shape index (κ2) is 18.6. The van der Waals surface area contributed by atoms with Crippen molar-refractivity contribution >= 4 is 48.9 Å². The fourth-order valence-corrected chi connectivity index (χ4v) is 8.21. The molecule has 0 aliphatic rings. The number of rotatable bonds is 14. The molecule has 0 aliphatic heterocycles. The highest BCUT2D eigenvalue weighted by atomic mass is 31.2. The fraction of sp³-hybridized carbons (Fsp3) is 0.436. The van der Waals surface area contributed by atoms with Gasteiger partial charge in [0.25, 0.3) is 0 Å². The van der Waals surface area contributed by atoms with Crippen molar-refractivity contribution in [2.45, 2.75) is 86.4 Å². The Kier molecular flexibility index (Phi) is 14.4. The van der Waals surface area contributed by atoms with Gasteiger partial charge in [0, 0.05) is 46.4 Å². The maximum Gasteiger partial charge on any atom is 0.328 e. The predicted molar refractivity (Wildman–Crippen MR) is 225 cm³/mol. The van der Waals surface area contributed by atoms with Crippen molar-refractivity contribution in [1.29, 1.82) is 0 Å². The van der Waals surface area contributed by atoms with Gasteiger partial charge in [0.15, 0.2) is 34.9 Å². The van der Waals surface area contributed by atoms with Gasteiger partial charge in [-0.2, -0.15) is 0 Å². The van der Waals surface area contributed by atoms with E-state index in [1.807, 2.05) is 41.5 Å². The molecule has 0 bridgehead atoms. The number of pyridine rings is 2. The quantitative estimate of drug-likeness (QED) is 0.0400. The number of aromatic nitrogens is 8. The number of H-pyrrole nitrogens is 2. The number of anilines is 2. The van der Waals surface area contributed by atoms with Crippen molar-refractivity contribution in [3.05, 3.63) is 72.6 Å². The zero-order valence-electron chi connectivity index (χ0n) is 34.8. The molecule has 0 aromatic carbocycles. The van der Waals surface area contributed by atoms with E-state index in [1.165, 1.54) is 12.1 Å². The minimum absolute atomic E-state index is 0.0498. The van der Waals surface area contributed by atoms with Gasteiger partial charge in [0.05, 0.1) is 43.2 Å². The third kappa shape index (κ3) is 12.8. The standard InChI is InChI=1S/C21H28F2N5O3P.C18H22F2N5O3P/c1-12(2)31-32(29,30)7-6-17(21(3,4)5)27-20-16(23)11-26-19(28-20)15-10-25-18-14(15)8-13(22)9-24-18;1-18(2,3)14(4-5-29(26,27)28)24-17-13(20)9-23-16(25-17)12-8-22-15-11(12)6-10(19)7-21-15/h8-12,17H,6-7H2,1-5H3,(H,24,25)(H,29,30)(H,26,27,28);6-9,14H,4-5H2,1-3H3,(H,21,22)(H,23,24,25)(H2,26,27,28)/t17-;14-/m11/s1. The molecule has 3 atom stereocenters. The largest absolute Gasteiger partial charge is 0.364 e. The van der Waals surface area contributed by atoms with E-state index in [4.69, 9.17) is 4.52 Å². The number of hydrogen-bond acceptors (Lipinski definition) is 11. The second-order valence-electron chi connectivity index (χ2n) is 16.9. The van der Waals surface area contributed by atoms with Crippen molar-refractivity contribution in [3.8, 4) is 22.8 Å². The van der Waals surface area contributed by atoms with Crippen LogP contribution in [0.2, 0.25) is 0 Å². The number of halogens is 4. The van der Waals surface area contributed by atoms with E-state index in [0.29, 0.717) is 33.2 Å². The zero-order valence-corrected chi connectivity index (χ0v) is 36.6. The summed E-state index contributed by atoms with van der Waals surface area (Å²) in [6.07, 6.45) is 6.91. The van der Waals surface area contributed by atoms with Crippen LogP contribution in [0.4, 0.5) is 29.2 Å². The molecule has 6 heterocycles. The maximum absolute atomic E-state index is 14.6. The van der Waals surface area contributed by atoms with Gasteiger partial charge in [0.1, 0.15) is 22.9 Å². The Morgan fingerprint density at radius 1 is 0.672 bits per heavy atom. The van der Waals surface area contributed by atoms with E-state index in [2.05, 4.69) is 50.5 Å². The van der Waals surface area contributed by atoms with Gasteiger partial charge in [0.2, 0.25) is 0 Å². The molecule has 6 aromatic heterocycles. The molecule has 0 saturated carbocycles. The summed E-state index contributed by atoms with van der Waals surface area (Å²) in [5.41, 5.74) is 1.02. The summed E-state index contributed by atoms with van der Waals surface area (Å²) < 4.78 is 84.9. The van der Waals surface area contributed by atoms with Crippen LogP contribution in [-0.2, 0) is 13.7 Å². The van der Waals surface area contributed by atoms with Gasteiger partial charge in [-0.15, -0.1) is 0 Å². The molecule has 0 aliphatic carbocycles. The molecule has 0 amide bonds. The molecule has 61 heavy (non-hydrogen) atoms. The molecule has 330 valence electrons. The molecule has 1 unspecified atom stereocenters. The van der Waals surface area contributed by atoms with Crippen molar-refractivity contribution in [2.75, 3.05) is 23.0 Å². The number of fused-ring (bicyclic) bond motifs is 2. The van der Waals surface area contributed by atoms with Gasteiger partial charge in [-0.25, -0.2) is 47.5 Å². The zero-order chi connectivity index (χ0) is 45.1. The van der Waals surface area contributed by atoms with E-state index in [9.17, 15) is 41.4 Å². The van der Waals surface area contributed by atoms with Crippen LogP contribution in [0, 0.1) is 34.1 Å². The van der Waals surface area contributed by atoms with Crippen molar-refractivity contribution in [1.82, 2.24) is 39.9 Å². The summed E-state index contributed by atoms with van der Waals surface area (Å²) >= 11 is 0. The Bertz CT molecular complexity index is 2570. The molecule has 0 fully saturated rings. The average molecular weight is 893 g/mol. The highest BCUT2D eigenvalue weighted by Crippen LogP contribution is 2.45. The van der Waals surface area contributed by atoms with Crippen LogP contribution >= 0.6 is 15.2 Å². The van der Waals surface area contributed by atoms with E-state index in [0.717, 1.165) is 24.8 Å². The minimum atomic E-state index is -4.20. The Labute approximate surface area is 349 Å². The molecule has 0 spiro atoms. The van der Waals surface area contributed by atoms with E-state index >= 15 is 0 Å². The molecule has 22 heteroatoms. The first kappa shape index (κ1) is 47.2. The first-order valence-electron chi connectivity index (χ1n) is 19.2. The van der Waals surface area contributed by atoms with Gasteiger partial charge >= 0.3 is 15.2 Å². The molecular weight excluding hydrogens is 842 g/mol. The molecule has 0 radical (unpaired) electrons. The molecule has 6 aromatic rings. The van der Waals surface area contributed by atoms with Crippen molar-refractivity contribution < 1.29 is 45.9 Å². The third-order valence-corrected chi connectivity index (χ3v) is 11.9. The third-order valence-electron chi connectivity index (χ3n) is 9.46. The van der Waals surface area contributed by atoms with Crippen molar-refractivity contribution in [3.63, 3.8) is 0 Å². The first-order chi connectivity index (χ1) is 28.3. The number of hydrogen-bond donors (Lipinski definition) is 7. The summed E-state index contributed by atoms with van der Waals surface area (Å²) in [7, 11) is -7.98. The van der Waals surface area contributed by atoms with Gasteiger partial charge < -0.3 is 39.8 Å². The highest BCUT2D eigenvalue weighted by molar-refractivity contribution is 7.52.